The minimum atomic E-state index is -0.186. The maximum Gasteiger partial charge on any atom is 0.348 e. The molecule has 0 aliphatic carbocycles. The Morgan fingerprint density at radius 3 is 2.53 bits per heavy atom. The Bertz CT molecular complexity index is 605. The second-order valence-corrected chi connectivity index (χ2v) is 4.68. The fraction of sp³-hybridized carbons (Fsp3) is 0.333. The van der Waals surface area contributed by atoms with Crippen molar-refractivity contribution in [1.29, 1.82) is 0 Å². The van der Waals surface area contributed by atoms with E-state index in [1.54, 1.807) is 4.57 Å². The summed E-state index contributed by atoms with van der Waals surface area (Å²) in [7, 11) is 1.90. The van der Waals surface area contributed by atoms with Crippen LogP contribution in [0.1, 0.15) is 23.0 Å². The second kappa shape index (κ2) is 5.80. The smallest absolute Gasteiger partial charge is 0.312 e. The topological polar surface area (TPSA) is 46.9 Å². The van der Waals surface area contributed by atoms with E-state index in [1.807, 2.05) is 45.2 Å². The summed E-state index contributed by atoms with van der Waals surface area (Å²) in [5.41, 5.74) is 2.68. The fourth-order valence-electron chi connectivity index (χ4n) is 2.23. The Morgan fingerprint density at radius 2 is 1.95 bits per heavy atom. The van der Waals surface area contributed by atoms with Crippen LogP contribution < -0.4 is 11.0 Å². The lowest BCUT2D eigenvalue weighted by Crippen LogP contribution is -2.31. The van der Waals surface area contributed by atoms with Gasteiger partial charge in [0.1, 0.15) is 0 Å². The highest BCUT2D eigenvalue weighted by Gasteiger charge is 2.12. The minimum Gasteiger partial charge on any atom is -0.312 e. The number of hydrogen-bond donors (Lipinski definition) is 1. The molecule has 4 nitrogen and oxygen atoms in total. The van der Waals surface area contributed by atoms with Crippen molar-refractivity contribution in [1.82, 2.24) is 14.9 Å². The predicted molar refractivity (Wildman–Crippen MR) is 76.2 cm³/mol. The zero-order chi connectivity index (χ0) is 13.8. The van der Waals surface area contributed by atoms with Crippen LogP contribution in [0.5, 0.6) is 0 Å². The first kappa shape index (κ1) is 13.5. The molecule has 0 fully saturated rings. The molecular weight excluding hydrogens is 238 g/mol. The Kier molecular flexibility index (Phi) is 4.12. The summed E-state index contributed by atoms with van der Waals surface area (Å²) in [5.74, 6) is 0. The number of rotatable bonds is 4. The molecule has 0 radical (unpaired) electrons. The van der Waals surface area contributed by atoms with E-state index in [2.05, 4.69) is 22.4 Å². The SMILES string of the molecule is CNC(Cn1c(C)cc(C)nc1=O)c1ccccc1. The number of hydrogen-bond acceptors (Lipinski definition) is 3. The number of aryl methyl sites for hydroxylation is 2. The Hall–Kier alpha value is -1.94. The van der Waals surface area contributed by atoms with Crippen molar-refractivity contribution >= 4 is 0 Å². The summed E-state index contributed by atoms with van der Waals surface area (Å²) in [6.45, 7) is 4.36. The normalized spacial score (nSPS) is 12.4. The van der Waals surface area contributed by atoms with Crippen LogP contribution in [0.25, 0.3) is 0 Å². The summed E-state index contributed by atoms with van der Waals surface area (Å²) in [6.07, 6.45) is 0. The molecule has 1 aromatic heterocycles. The van der Waals surface area contributed by atoms with Crippen molar-refractivity contribution in [3.8, 4) is 0 Å². The van der Waals surface area contributed by atoms with Gasteiger partial charge in [0.25, 0.3) is 0 Å². The van der Waals surface area contributed by atoms with Gasteiger partial charge in [-0.3, -0.25) is 4.57 Å². The molecule has 1 atom stereocenters. The first-order chi connectivity index (χ1) is 9.11. The average molecular weight is 257 g/mol. The van der Waals surface area contributed by atoms with E-state index >= 15 is 0 Å². The van der Waals surface area contributed by atoms with Crippen molar-refractivity contribution in [2.45, 2.75) is 26.4 Å². The highest BCUT2D eigenvalue weighted by molar-refractivity contribution is 5.19. The van der Waals surface area contributed by atoms with Crippen molar-refractivity contribution in [3.63, 3.8) is 0 Å². The zero-order valence-corrected chi connectivity index (χ0v) is 11.6. The summed E-state index contributed by atoms with van der Waals surface area (Å²) in [6, 6.07) is 12.1. The lowest BCUT2D eigenvalue weighted by atomic mass is 10.1. The van der Waals surface area contributed by atoms with Gasteiger partial charge in [-0.2, -0.15) is 4.98 Å². The van der Waals surface area contributed by atoms with Crippen LogP contribution in [0.15, 0.2) is 41.2 Å². The molecule has 2 rings (SSSR count). The Balaban J connectivity index is 2.32. The molecule has 19 heavy (non-hydrogen) atoms. The van der Waals surface area contributed by atoms with Gasteiger partial charge in [-0.1, -0.05) is 30.3 Å². The summed E-state index contributed by atoms with van der Waals surface area (Å²) in [5, 5.41) is 3.25. The molecule has 0 saturated carbocycles. The third-order valence-corrected chi connectivity index (χ3v) is 3.26. The molecule has 0 aliphatic heterocycles. The van der Waals surface area contributed by atoms with Crippen LogP contribution in [0, 0.1) is 13.8 Å². The lowest BCUT2D eigenvalue weighted by Gasteiger charge is -2.19. The number of nitrogens with one attached hydrogen (secondary N) is 1. The van der Waals surface area contributed by atoms with E-state index < -0.39 is 0 Å². The van der Waals surface area contributed by atoms with Gasteiger partial charge in [-0.15, -0.1) is 0 Å². The molecule has 0 saturated heterocycles. The largest absolute Gasteiger partial charge is 0.348 e. The van der Waals surface area contributed by atoms with Crippen LogP contribution in [-0.4, -0.2) is 16.6 Å². The quantitative estimate of drug-likeness (QED) is 0.909. The molecule has 1 N–H and O–H groups in total. The van der Waals surface area contributed by atoms with E-state index in [0.29, 0.717) is 6.54 Å². The van der Waals surface area contributed by atoms with E-state index in [1.165, 1.54) is 0 Å². The van der Waals surface area contributed by atoms with Crippen molar-refractivity contribution in [2.24, 2.45) is 0 Å². The molecular formula is C15H19N3O. The summed E-state index contributed by atoms with van der Waals surface area (Å²) in [4.78, 5) is 16.0. The number of aromatic nitrogens is 2. The van der Waals surface area contributed by atoms with Gasteiger partial charge in [0, 0.05) is 17.9 Å². The maximum atomic E-state index is 12.0. The Morgan fingerprint density at radius 1 is 1.26 bits per heavy atom. The molecule has 0 aliphatic rings. The van der Waals surface area contributed by atoms with Crippen LogP contribution in [0.4, 0.5) is 0 Å². The van der Waals surface area contributed by atoms with Gasteiger partial charge >= 0.3 is 5.69 Å². The third kappa shape index (κ3) is 3.09. The summed E-state index contributed by atoms with van der Waals surface area (Å²) >= 11 is 0. The third-order valence-electron chi connectivity index (χ3n) is 3.26. The standard InChI is InChI=1S/C15H19N3O/c1-11-9-12(2)18(15(19)17-11)10-14(16-3)13-7-5-4-6-8-13/h4-9,14,16H,10H2,1-3H3. The maximum absolute atomic E-state index is 12.0. The molecule has 100 valence electrons. The van der Waals surface area contributed by atoms with Crippen molar-refractivity contribution in [2.75, 3.05) is 7.05 Å². The minimum absolute atomic E-state index is 0.0992. The molecule has 0 bridgehead atoms. The first-order valence-corrected chi connectivity index (χ1v) is 6.39. The van der Waals surface area contributed by atoms with Crippen molar-refractivity contribution in [3.05, 3.63) is 63.8 Å². The fourth-order valence-corrected chi connectivity index (χ4v) is 2.23. The molecule has 1 heterocycles. The van der Waals surface area contributed by atoms with Gasteiger partial charge in [0.2, 0.25) is 0 Å². The van der Waals surface area contributed by atoms with Gasteiger partial charge in [-0.05, 0) is 32.5 Å². The molecule has 0 amide bonds. The van der Waals surface area contributed by atoms with Crippen LogP contribution in [0.2, 0.25) is 0 Å². The molecule has 0 spiro atoms. The monoisotopic (exact) mass is 257 g/mol. The van der Waals surface area contributed by atoms with Gasteiger partial charge in [-0.25, -0.2) is 4.79 Å². The van der Waals surface area contributed by atoms with Crippen LogP contribution in [-0.2, 0) is 6.54 Å². The van der Waals surface area contributed by atoms with E-state index in [9.17, 15) is 4.79 Å². The molecule has 1 unspecified atom stereocenters. The number of benzene rings is 1. The van der Waals surface area contributed by atoms with E-state index in [4.69, 9.17) is 0 Å². The molecule has 1 aromatic carbocycles. The predicted octanol–water partition coefficient (Wildman–Crippen LogP) is 1.82. The number of nitrogens with zero attached hydrogens (tertiary/aromatic N) is 2. The second-order valence-electron chi connectivity index (χ2n) is 4.68. The van der Waals surface area contributed by atoms with Gasteiger partial charge in [0.15, 0.2) is 0 Å². The van der Waals surface area contributed by atoms with Crippen molar-refractivity contribution < 1.29 is 0 Å². The van der Waals surface area contributed by atoms with E-state index in [-0.39, 0.29) is 11.7 Å². The Labute approximate surface area is 113 Å². The zero-order valence-electron chi connectivity index (χ0n) is 11.6. The number of likely N-dealkylation sites (N-methyl/N-ethyl adjacent to an activating group) is 1. The lowest BCUT2D eigenvalue weighted by molar-refractivity contribution is 0.477. The van der Waals surface area contributed by atoms with Crippen LogP contribution in [0.3, 0.4) is 0 Å². The van der Waals surface area contributed by atoms with E-state index in [0.717, 1.165) is 17.0 Å². The average Bonchev–Trinajstić information content (AvgIpc) is 2.39. The highest BCUT2D eigenvalue weighted by atomic mass is 16.1. The van der Waals surface area contributed by atoms with Gasteiger partial charge < -0.3 is 5.32 Å². The first-order valence-electron chi connectivity index (χ1n) is 6.39. The highest BCUT2D eigenvalue weighted by Crippen LogP contribution is 2.14. The van der Waals surface area contributed by atoms with Crippen LogP contribution >= 0.6 is 0 Å². The summed E-state index contributed by atoms with van der Waals surface area (Å²) < 4.78 is 1.71. The molecule has 2 aromatic rings. The molecule has 4 heteroatoms. The van der Waals surface area contributed by atoms with Gasteiger partial charge in [0.05, 0.1) is 6.04 Å².